The fraction of sp³-hybridized carbons (Fsp3) is 0.467. The smallest absolute Gasteiger partial charge is 0.420 e. The molecule has 1 unspecified atom stereocenters. The summed E-state index contributed by atoms with van der Waals surface area (Å²) in [5.74, 6) is -5.76. The van der Waals surface area contributed by atoms with Crippen molar-refractivity contribution in [2.45, 2.75) is 24.6 Å². The average Bonchev–Trinajstić information content (AvgIpc) is 2.87. The highest BCUT2D eigenvalue weighted by atomic mass is 32.1. The van der Waals surface area contributed by atoms with Crippen molar-refractivity contribution in [1.29, 1.82) is 0 Å². The number of likely N-dealkylation sites (tertiary alicyclic amines) is 1. The summed E-state index contributed by atoms with van der Waals surface area (Å²) < 4.78 is 76.7. The van der Waals surface area contributed by atoms with E-state index in [9.17, 15) is 26.7 Å². The first-order chi connectivity index (χ1) is 11.9. The summed E-state index contributed by atoms with van der Waals surface area (Å²) in [6, 6.07) is 0.0742. The molecule has 1 atom stereocenters. The molecule has 0 aliphatic carbocycles. The quantitative estimate of drug-likeness (QED) is 0.620. The molecule has 1 aromatic carbocycles. The van der Waals surface area contributed by atoms with Crippen LogP contribution in [0.25, 0.3) is 0 Å². The first kappa shape index (κ1) is 20.1. The van der Waals surface area contributed by atoms with Crippen molar-refractivity contribution in [3.05, 3.63) is 23.3 Å². The van der Waals surface area contributed by atoms with Gasteiger partial charge < -0.3 is 19.5 Å². The third-order valence-electron chi connectivity index (χ3n) is 3.85. The maximum Gasteiger partial charge on any atom is 0.420 e. The lowest BCUT2D eigenvalue weighted by Crippen LogP contribution is -2.40. The van der Waals surface area contributed by atoms with Gasteiger partial charge in [-0.2, -0.15) is 13.2 Å². The standard InChI is InChI=1S/C15H14F5NO4S/c1-24-10-4-7(3-8(11(10)25-2)15(18,19)20)12(26)21-6-14(16,17)5-9(21)13(22)23/h3-4,9H,5-6H2,1-2H3,(H,22,23). The van der Waals surface area contributed by atoms with E-state index in [1.165, 1.54) is 0 Å². The van der Waals surface area contributed by atoms with Crippen molar-refractivity contribution < 1.29 is 41.3 Å². The van der Waals surface area contributed by atoms with Crippen LogP contribution in [0, 0.1) is 0 Å². The van der Waals surface area contributed by atoms with Crippen LogP contribution in [-0.2, 0) is 11.0 Å². The molecule has 1 heterocycles. The predicted molar refractivity (Wildman–Crippen MR) is 83.9 cm³/mol. The van der Waals surface area contributed by atoms with Crippen molar-refractivity contribution in [3.63, 3.8) is 0 Å². The van der Waals surface area contributed by atoms with Gasteiger partial charge in [0.1, 0.15) is 16.6 Å². The summed E-state index contributed by atoms with van der Waals surface area (Å²) in [5.41, 5.74) is -1.48. The number of hydrogen-bond donors (Lipinski definition) is 1. The van der Waals surface area contributed by atoms with Gasteiger partial charge in [0.2, 0.25) is 0 Å². The normalized spacial score (nSPS) is 19.3. The van der Waals surface area contributed by atoms with E-state index in [1.807, 2.05) is 0 Å². The number of carbonyl (C=O) groups is 1. The first-order valence-electron chi connectivity index (χ1n) is 7.16. The molecular weight excluding hydrogens is 385 g/mol. The van der Waals surface area contributed by atoms with Gasteiger partial charge in [0.15, 0.2) is 11.5 Å². The summed E-state index contributed by atoms with van der Waals surface area (Å²) in [6.45, 7) is -1.00. The van der Waals surface area contributed by atoms with E-state index in [0.29, 0.717) is 11.0 Å². The van der Waals surface area contributed by atoms with Crippen LogP contribution in [0.15, 0.2) is 12.1 Å². The van der Waals surface area contributed by atoms with E-state index < -0.39 is 53.4 Å². The highest BCUT2D eigenvalue weighted by Crippen LogP contribution is 2.43. The second kappa shape index (κ2) is 6.86. The zero-order chi connectivity index (χ0) is 19.9. The molecule has 1 aliphatic heterocycles. The average molecular weight is 399 g/mol. The van der Waals surface area contributed by atoms with Gasteiger partial charge in [0.25, 0.3) is 5.92 Å². The maximum absolute atomic E-state index is 13.6. The highest BCUT2D eigenvalue weighted by molar-refractivity contribution is 7.80. The minimum atomic E-state index is -4.83. The Morgan fingerprint density at radius 3 is 2.38 bits per heavy atom. The minimum absolute atomic E-state index is 0.270. The van der Waals surface area contributed by atoms with Gasteiger partial charge in [-0.3, -0.25) is 0 Å². The third kappa shape index (κ3) is 3.81. The monoisotopic (exact) mass is 399 g/mol. The summed E-state index contributed by atoms with van der Waals surface area (Å²) in [7, 11) is 2.13. The molecule has 26 heavy (non-hydrogen) atoms. The number of thiocarbonyl (C=S) groups is 1. The lowest BCUT2D eigenvalue weighted by Gasteiger charge is -2.25. The van der Waals surface area contributed by atoms with Gasteiger partial charge in [-0.1, -0.05) is 12.2 Å². The number of carboxylic acid groups (broad SMARTS) is 1. The molecule has 1 saturated heterocycles. The molecule has 144 valence electrons. The fourth-order valence-corrected chi connectivity index (χ4v) is 3.02. The van der Waals surface area contributed by atoms with E-state index in [2.05, 4.69) is 0 Å². The minimum Gasteiger partial charge on any atom is -0.493 e. The van der Waals surface area contributed by atoms with Gasteiger partial charge in [-0.05, 0) is 12.1 Å². The van der Waals surface area contributed by atoms with Gasteiger partial charge in [-0.25, -0.2) is 13.6 Å². The number of nitrogens with zero attached hydrogens (tertiary/aromatic N) is 1. The molecule has 1 N–H and O–H groups in total. The van der Waals surface area contributed by atoms with E-state index >= 15 is 0 Å². The van der Waals surface area contributed by atoms with Crippen molar-refractivity contribution in [2.75, 3.05) is 20.8 Å². The predicted octanol–water partition coefficient (Wildman–Crippen LogP) is 3.19. The molecule has 5 nitrogen and oxygen atoms in total. The topological polar surface area (TPSA) is 59.0 Å². The van der Waals surface area contributed by atoms with Crippen LogP contribution in [0.2, 0.25) is 0 Å². The molecule has 11 heteroatoms. The zero-order valence-electron chi connectivity index (χ0n) is 13.6. The second-order valence-corrected chi connectivity index (χ2v) is 5.99. The lowest BCUT2D eigenvalue weighted by molar-refractivity contribution is -0.141. The third-order valence-corrected chi connectivity index (χ3v) is 4.32. The molecule has 1 fully saturated rings. The Balaban J connectivity index is 2.54. The first-order valence-corrected chi connectivity index (χ1v) is 7.57. The number of alkyl halides is 5. The molecular formula is C15H14F5NO4S. The zero-order valence-corrected chi connectivity index (χ0v) is 14.4. The van der Waals surface area contributed by atoms with Crippen LogP contribution in [0.3, 0.4) is 0 Å². The largest absolute Gasteiger partial charge is 0.493 e. The Morgan fingerprint density at radius 1 is 1.31 bits per heavy atom. The van der Waals surface area contributed by atoms with Crippen molar-refractivity contribution >= 4 is 23.2 Å². The van der Waals surface area contributed by atoms with Crippen molar-refractivity contribution in [2.24, 2.45) is 0 Å². The van der Waals surface area contributed by atoms with Crippen LogP contribution in [0.1, 0.15) is 17.5 Å². The number of rotatable bonds is 4. The Kier molecular flexibility index (Phi) is 5.31. The van der Waals surface area contributed by atoms with Gasteiger partial charge in [-0.15, -0.1) is 0 Å². The summed E-state index contributed by atoms with van der Waals surface area (Å²) >= 11 is 5.01. The van der Waals surface area contributed by atoms with Crippen LogP contribution in [-0.4, -0.2) is 53.7 Å². The van der Waals surface area contributed by atoms with Gasteiger partial charge in [0.05, 0.1) is 20.8 Å². The number of benzene rings is 1. The maximum atomic E-state index is 13.6. The number of hydrogen-bond acceptors (Lipinski definition) is 4. The number of ether oxygens (including phenoxy) is 2. The molecule has 0 radical (unpaired) electrons. The van der Waals surface area contributed by atoms with Gasteiger partial charge in [0, 0.05) is 12.0 Å². The molecule has 0 bridgehead atoms. The Labute approximate surface area is 150 Å². The second-order valence-electron chi connectivity index (χ2n) is 5.60. The Bertz CT molecular complexity index is 737. The number of halogens is 5. The van der Waals surface area contributed by atoms with E-state index in [4.69, 9.17) is 26.8 Å². The summed E-state index contributed by atoms with van der Waals surface area (Å²) in [5, 5.41) is 9.12. The Hall–Kier alpha value is -2.17. The van der Waals surface area contributed by atoms with Crippen LogP contribution < -0.4 is 9.47 Å². The summed E-state index contributed by atoms with van der Waals surface area (Å²) in [4.78, 5) is 11.5. The molecule has 0 amide bonds. The molecule has 0 aromatic heterocycles. The lowest BCUT2D eigenvalue weighted by atomic mass is 10.1. The van der Waals surface area contributed by atoms with Crippen molar-refractivity contribution in [3.8, 4) is 11.5 Å². The van der Waals surface area contributed by atoms with Gasteiger partial charge >= 0.3 is 12.1 Å². The number of methoxy groups -OCH3 is 2. The molecule has 1 aromatic rings. The molecule has 2 rings (SSSR count). The molecule has 1 aliphatic rings. The van der Waals surface area contributed by atoms with Crippen LogP contribution in [0.5, 0.6) is 11.5 Å². The number of carboxylic acids is 1. The fourth-order valence-electron chi connectivity index (χ4n) is 2.72. The highest BCUT2D eigenvalue weighted by Gasteiger charge is 2.49. The van der Waals surface area contributed by atoms with Crippen LogP contribution >= 0.6 is 12.2 Å². The van der Waals surface area contributed by atoms with E-state index in [-0.39, 0.29) is 11.3 Å². The molecule has 0 spiro atoms. The SMILES string of the molecule is COc1cc(C(=S)N2CC(F)(F)CC2C(=O)O)cc(C(F)(F)F)c1OC. The molecule has 0 saturated carbocycles. The van der Waals surface area contributed by atoms with Crippen molar-refractivity contribution in [1.82, 2.24) is 4.90 Å². The van der Waals surface area contributed by atoms with E-state index in [1.54, 1.807) is 0 Å². The number of aliphatic carboxylic acids is 1. The van der Waals surface area contributed by atoms with Crippen LogP contribution in [0.4, 0.5) is 22.0 Å². The Morgan fingerprint density at radius 2 is 1.92 bits per heavy atom. The van der Waals surface area contributed by atoms with E-state index in [0.717, 1.165) is 20.3 Å². The summed E-state index contributed by atoms with van der Waals surface area (Å²) in [6.07, 6.45) is -5.81.